The van der Waals surface area contributed by atoms with Gasteiger partial charge in [-0.3, -0.25) is 0 Å². The molecule has 5 heteroatoms. The number of carbonyl (C=O) groups is 1. The molecule has 126 valence electrons. The Labute approximate surface area is 138 Å². The van der Waals surface area contributed by atoms with Crippen molar-refractivity contribution >= 4 is 22.3 Å². The Morgan fingerprint density at radius 1 is 1.32 bits per heavy atom. The highest BCUT2D eigenvalue weighted by atomic mass is 32.1. The van der Waals surface area contributed by atoms with Gasteiger partial charge in [0.05, 0.1) is 11.7 Å². The van der Waals surface area contributed by atoms with E-state index in [2.05, 4.69) is 13.8 Å². The molecule has 0 aliphatic carbocycles. The molecule has 1 heterocycles. The molecular formula is C17H29NO3S. The van der Waals surface area contributed by atoms with E-state index in [-0.39, 0.29) is 12.1 Å². The van der Waals surface area contributed by atoms with Crippen LogP contribution in [0.3, 0.4) is 0 Å². The van der Waals surface area contributed by atoms with Gasteiger partial charge < -0.3 is 15.2 Å². The van der Waals surface area contributed by atoms with Crippen molar-refractivity contribution in [1.29, 1.82) is 0 Å². The lowest BCUT2D eigenvalue weighted by Crippen LogP contribution is -2.24. The SMILES string of the molecule is COC(C)CCCC(C)c1cc(C(=O)OC(C)(C)C)c(N)s1. The van der Waals surface area contributed by atoms with Gasteiger partial charge in [-0.05, 0) is 52.5 Å². The van der Waals surface area contributed by atoms with E-state index in [1.165, 1.54) is 11.3 Å². The highest BCUT2D eigenvalue weighted by Crippen LogP contribution is 2.34. The summed E-state index contributed by atoms with van der Waals surface area (Å²) in [5, 5.41) is 0.543. The lowest BCUT2D eigenvalue weighted by molar-refractivity contribution is 0.00712. The molecule has 22 heavy (non-hydrogen) atoms. The van der Waals surface area contributed by atoms with Gasteiger partial charge in [0.25, 0.3) is 0 Å². The molecule has 2 unspecified atom stereocenters. The zero-order chi connectivity index (χ0) is 16.9. The first-order valence-corrected chi connectivity index (χ1v) is 8.61. The minimum atomic E-state index is -0.506. The molecule has 0 fully saturated rings. The quantitative estimate of drug-likeness (QED) is 0.744. The normalized spacial score (nSPS) is 14.6. The van der Waals surface area contributed by atoms with Crippen LogP contribution in [0.5, 0.6) is 0 Å². The second-order valence-electron chi connectivity index (χ2n) is 6.81. The predicted molar refractivity (Wildman–Crippen MR) is 92.6 cm³/mol. The summed E-state index contributed by atoms with van der Waals surface area (Å²) in [5.41, 5.74) is 5.98. The fourth-order valence-electron chi connectivity index (χ4n) is 2.13. The highest BCUT2D eigenvalue weighted by Gasteiger charge is 2.23. The maximum atomic E-state index is 12.1. The summed E-state index contributed by atoms with van der Waals surface area (Å²) in [5.74, 6) is 0.0419. The zero-order valence-corrected chi connectivity index (χ0v) is 15.4. The minimum Gasteiger partial charge on any atom is -0.456 e. The van der Waals surface area contributed by atoms with E-state index in [9.17, 15) is 4.79 Å². The van der Waals surface area contributed by atoms with Crippen molar-refractivity contribution < 1.29 is 14.3 Å². The number of carbonyl (C=O) groups excluding carboxylic acids is 1. The first kappa shape index (κ1) is 19.0. The average molecular weight is 327 g/mol. The number of hydrogen-bond acceptors (Lipinski definition) is 5. The number of thiophene rings is 1. The molecule has 0 spiro atoms. The Balaban J connectivity index is 2.66. The number of methoxy groups -OCH3 is 1. The molecule has 2 atom stereocenters. The van der Waals surface area contributed by atoms with Gasteiger partial charge in [-0.15, -0.1) is 11.3 Å². The summed E-state index contributed by atoms with van der Waals surface area (Å²) in [6.07, 6.45) is 3.48. The second-order valence-corrected chi connectivity index (χ2v) is 7.92. The van der Waals surface area contributed by atoms with Gasteiger partial charge in [0.2, 0.25) is 0 Å². The predicted octanol–water partition coefficient (Wildman–Crippen LogP) is 4.59. The standard InChI is InChI=1S/C17H29NO3S/c1-11(8-7-9-12(2)20-6)14-10-13(15(18)22-14)16(19)21-17(3,4)5/h10-12H,7-9,18H2,1-6H3. The van der Waals surface area contributed by atoms with E-state index >= 15 is 0 Å². The molecule has 4 nitrogen and oxygen atoms in total. The molecule has 0 aliphatic rings. The van der Waals surface area contributed by atoms with Crippen molar-refractivity contribution in [3.05, 3.63) is 16.5 Å². The number of nitrogen functional groups attached to an aromatic ring is 1. The van der Waals surface area contributed by atoms with E-state index < -0.39 is 5.60 Å². The summed E-state index contributed by atoms with van der Waals surface area (Å²) >= 11 is 1.49. The summed E-state index contributed by atoms with van der Waals surface area (Å²) in [6, 6.07) is 1.89. The third-order valence-corrected chi connectivity index (χ3v) is 4.73. The van der Waals surface area contributed by atoms with Gasteiger partial charge in [-0.2, -0.15) is 0 Å². The number of esters is 1. The van der Waals surface area contributed by atoms with Crippen LogP contribution in [0.15, 0.2) is 6.07 Å². The lowest BCUT2D eigenvalue weighted by Gasteiger charge is -2.19. The molecule has 0 saturated heterocycles. The van der Waals surface area contributed by atoms with Gasteiger partial charge in [-0.25, -0.2) is 4.79 Å². The maximum absolute atomic E-state index is 12.1. The molecule has 0 saturated carbocycles. The van der Waals surface area contributed by atoms with Crippen LogP contribution in [0, 0.1) is 0 Å². The Morgan fingerprint density at radius 2 is 1.95 bits per heavy atom. The van der Waals surface area contributed by atoms with Crippen LogP contribution in [0.4, 0.5) is 5.00 Å². The Bertz CT molecular complexity index is 491. The van der Waals surface area contributed by atoms with Crippen molar-refractivity contribution in [2.24, 2.45) is 0 Å². The minimum absolute atomic E-state index is 0.290. The third kappa shape index (κ3) is 5.97. The molecule has 0 radical (unpaired) electrons. The molecule has 0 aliphatic heterocycles. The molecule has 1 aromatic heterocycles. The van der Waals surface area contributed by atoms with Crippen LogP contribution in [0.25, 0.3) is 0 Å². The Morgan fingerprint density at radius 3 is 2.50 bits per heavy atom. The topological polar surface area (TPSA) is 61.5 Å². The van der Waals surface area contributed by atoms with E-state index in [1.807, 2.05) is 26.8 Å². The van der Waals surface area contributed by atoms with Crippen LogP contribution in [-0.2, 0) is 9.47 Å². The number of hydrogen-bond donors (Lipinski definition) is 1. The fourth-order valence-corrected chi connectivity index (χ4v) is 3.13. The van der Waals surface area contributed by atoms with Crippen molar-refractivity contribution in [3.8, 4) is 0 Å². The second kappa shape index (κ2) is 7.97. The van der Waals surface area contributed by atoms with Gasteiger partial charge in [0.1, 0.15) is 10.6 Å². The number of anilines is 1. The van der Waals surface area contributed by atoms with Crippen LogP contribution in [0.1, 0.15) is 75.0 Å². The molecule has 1 rings (SSSR count). The molecule has 0 aromatic carbocycles. The van der Waals surface area contributed by atoms with E-state index in [0.29, 0.717) is 16.5 Å². The van der Waals surface area contributed by atoms with Crippen molar-refractivity contribution in [2.45, 2.75) is 71.5 Å². The average Bonchev–Trinajstić information content (AvgIpc) is 2.78. The van der Waals surface area contributed by atoms with E-state index in [4.69, 9.17) is 15.2 Å². The highest BCUT2D eigenvalue weighted by molar-refractivity contribution is 7.16. The summed E-state index contributed by atoms with van der Waals surface area (Å²) in [6.45, 7) is 9.81. The Kier molecular flexibility index (Phi) is 6.88. The van der Waals surface area contributed by atoms with Gasteiger partial charge >= 0.3 is 5.97 Å². The smallest absolute Gasteiger partial charge is 0.341 e. The van der Waals surface area contributed by atoms with E-state index in [1.54, 1.807) is 7.11 Å². The van der Waals surface area contributed by atoms with Gasteiger partial charge in [0.15, 0.2) is 0 Å². The first-order valence-electron chi connectivity index (χ1n) is 7.79. The molecule has 2 N–H and O–H groups in total. The zero-order valence-electron chi connectivity index (χ0n) is 14.6. The van der Waals surface area contributed by atoms with Crippen molar-refractivity contribution in [2.75, 3.05) is 12.8 Å². The van der Waals surface area contributed by atoms with Crippen LogP contribution >= 0.6 is 11.3 Å². The summed E-state index contributed by atoms with van der Waals surface area (Å²) in [7, 11) is 1.74. The van der Waals surface area contributed by atoms with Crippen LogP contribution < -0.4 is 5.73 Å². The van der Waals surface area contributed by atoms with Gasteiger partial charge in [-0.1, -0.05) is 13.3 Å². The molecular weight excluding hydrogens is 298 g/mol. The largest absolute Gasteiger partial charge is 0.456 e. The number of ether oxygens (including phenoxy) is 2. The monoisotopic (exact) mass is 327 g/mol. The van der Waals surface area contributed by atoms with Crippen LogP contribution in [-0.4, -0.2) is 24.8 Å². The third-order valence-electron chi connectivity index (χ3n) is 3.53. The molecule has 0 bridgehead atoms. The maximum Gasteiger partial charge on any atom is 0.341 e. The van der Waals surface area contributed by atoms with Crippen LogP contribution in [0.2, 0.25) is 0 Å². The summed E-state index contributed by atoms with van der Waals surface area (Å²) < 4.78 is 10.7. The van der Waals surface area contributed by atoms with Crippen molar-refractivity contribution in [3.63, 3.8) is 0 Å². The first-order chi connectivity index (χ1) is 10.1. The fraction of sp³-hybridized carbons (Fsp3) is 0.706. The van der Waals surface area contributed by atoms with Gasteiger partial charge in [0, 0.05) is 12.0 Å². The lowest BCUT2D eigenvalue weighted by atomic mass is 10.0. The number of nitrogens with two attached hydrogens (primary N) is 1. The van der Waals surface area contributed by atoms with Crippen molar-refractivity contribution in [1.82, 2.24) is 0 Å². The number of rotatable bonds is 7. The summed E-state index contributed by atoms with van der Waals surface area (Å²) in [4.78, 5) is 13.3. The molecule has 0 amide bonds. The van der Waals surface area contributed by atoms with E-state index in [0.717, 1.165) is 24.1 Å². The Hall–Kier alpha value is -1.07. The molecule has 1 aromatic rings.